The van der Waals surface area contributed by atoms with Crippen LogP contribution in [0.5, 0.6) is 0 Å². The molecular weight excluding hydrogens is 238 g/mol. The molecule has 0 spiro atoms. The zero-order chi connectivity index (χ0) is 13.8. The Morgan fingerprint density at radius 1 is 1.33 bits per heavy atom. The van der Waals surface area contributed by atoms with Gasteiger partial charge in [0.2, 0.25) is 0 Å². The van der Waals surface area contributed by atoms with Crippen molar-refractivity contribution in [2.75, 3.05) is 5.32 Å². The minimum Gasteiger partial charge on any atom is -0.480 e. The molecule has 8 nitrogen and oxygen atoms in total. The van der Waals surface area contributed by atoms with E-state index in [1.807, 2.05) is 0 Å². The molecule has 0 saturated heterocycles. The van der Waals surface area contributed by atoms with Crippen LogP contribution in [0.15, 0.2) is 12.4 Å². The van der Waals surface area contributed by atoms with E-state index in [1.54, 1.807) is 20.8 Å². The van der Waals surface area contributed by atoms with Gasteiger partial charge >= 0.3 is 12.0 Å². The van der Waals surface area contributed by atoms with Crippen molar-refractivity contribution < 1.29 is 14.7 Å². The summed E-state index contributed by atoms with van der Waals surface area (Å²) in [5.74, 6) is -1.10. The maximum absolute atomic E-state index is 11.6. The third-order valence-electron chi connectivity index (χ3n) is 2.10. The quantitative estimate of drug-likeness (QED) is 0.721. The van der Waals surface area contributed by atoms with Gasteiger partial charge in [-0.25, -0.2) is 14.6 Å². The van der Waals surface area contributed by atoms with Crippen LogP contribution in [0, 0.1) is 5.41 Å². The summed E-state index contributed by atoms with van der Waals surface area (Å²) in [6.45, 7) is 5.14. The summed E-state index contributed by atoms with van der Waals surface area (Å²) in [6.07, 6.45) is 2.72. The lowest BCUT2D eigenvalue weighted by molar-refractivity contribution is -0.141. The number of aromatic nitrogens is 3. The van der Waals surface area contributed by atoms with E-state index in [1.165, 1.54) is 12.4 Å². The number of hydrogen-bond donors (Lipinski definition) is 3. The molecule has 0 unspecified atom stereocenters. The second kappa shape index (κ2) is 5.39. The number of rotatable bonds is 3. The molecule has 1 rings (SSSR count). The molecule has 0 aliphatic carbocycles. The highest BCUT2D eigenvalue weighted by atomic mass is 16.4. The Labute approximate surface area is 104 Å². The second-order valence-electron chi connectivity index (χ2n) is 4.70. The molecule has 1 aromatic rings. The number of nitrogens with zero attached hydrogens (tertiary/aromatic N) is 3. The first-order valence-electron chi connectivity index (χ1n) is 5.24. The number of carbonyl (C=O) groups excluding carboxylic acids is 1. The maximum atomic E-state index is 11.6. The number of aliphatic carboxylic acids is 1. The van der Waals surface area contributed by atoms with Gasteiger partial charge in [-0.05, 0) is 5.41 Å². The van der Waals surface area contributed by atoms with Gasteiger partial charge in [0.05, 0.1) is 12.4 Å². The minimum atomic E-state index is -1.11. The van der Waals surface area contributed by atoms with Crippen molar-refractivity contribution in [2.45, 2.75) is 26.8 Å². The summed E-state index contributed by atoms with van der Waals surface area (Å²) in [4.78, 5) is 26.4. The third kappa shape index (κ3) is 3.96. The highest BCUT2D eigenvalue weighted by molar-refractivity contribution is 5.91. The Balaban J connectivity index is 2.66. The van der Waals surface area contributed by atoms with Gasteiger partial charge in [0.15, 0.2) is 0 Å². The summed E-state index contributed by atoms with van der Waals surface area (Å²) in [6, 6.07) is -1.71. The fourth-order valence-electron chi connectivity index (χ4n) is 1.22. The first kappa shape index (κ1) is 13.8. The van der Waals surface area contributed by atoms with Crippen molar-refractivity contribution in [3.8, 4) is 0 Å². The average Bonchev–Trinajstić information content (AvgIpc) is 2.25. The third-order valence-corrected chi connectivity index (χ3v) is 2.10. The number of carboxylic acids is 1. The molecule has 0 fully saturated rings. The van der Waals surface area contributed by atoms with E-state index in [0.29, 0.717) is 0 Å². The van der Waals surface area contributed by atoms with Gasteiger partial charge in [0.1, 0.15) is 6.04 Å². The zero-order valence-corrected chi connectivity index (χ0v) is 10.3. The number of anilines is 1. The number of carbonyl (C=O) groups is 2. The largest absolute Gasteiger partial charge is 0.480 e. The summed E-state index contributed by atoms with van der Waals surface area (Å²) >= 11 is 0. The Hall–Kier alpha value is -2.25. The van der Waals surface area contributed by atoms with E-state index in [2.05, 4.69) is 25.8 Å². The molecule has 0 saturated carbocycles. The van der Waals surface area contributed by atoms with Crippen molar-refractivity contribution in [1.82, 2.24) is 20.5 Å². The molecule has 2 amide bonds. The molecule has 0 radical (unpaired) electrons. The summed E-state index contributed by atoms with van der Waals surface area (Å²) in [7, 11) is 0. The van der Waals surface area contributed by atoms with Crippen LogP contribution in [0.1, 0.15) is 20.8 Å². The van der Waals surface area contributed by atoms with Crippen molar-refractivity contribution in [3.63, 3.8) is 0 Å². The van der Waals surface area contributed by atoms with Gasteiger partial charge in [-0.15, -0.1) is 5.10 Å². The summed E-state index contributed by atoms with van der Waals surface area (Å²) in [5.41, 5.74) is -0.612. The molecule has 0 aliphatic rings. The van der Waals surface area contributed by atoms with Crippen LogP contribution in [0.4, 0.5) is 10.7 Å². The molecule has 3 N–H and O–H groups in total. The van der Waals surface area contributed by atoms with Gasteiger partial charge < -0.3 is 10.4 Å². The summed E-state index contributed by atoms with van der Waals surface area (Å²) < 4.78 is 0. The first-order chi connectivity index (χ1) is 8.30. The molecular formula is C10H15N5O3. The van der Waals surface area contributed by atoms with Crippen LogP contribution in [-0.4, -0.2) is 38.3 Å². The highest BCUT2D eigenvalue weighted by Gasteiger charge is 2.32. The van der Waals surface area contributed by atoms with Crippen LogP contribution >= 0.6 is 0 Å². The van der Waals surface area contributed by atoms with Gasteiger partial charge in [0, 0.05) is 0 Å². The van der Waals surface area contributed by atoms with Gasteiger partial charge in [0.25, 0.3) is 5.95 Å². The van der Waals surface area contributed by atoms with Crippen LogP contribution < -0.4 is 10.6 Å². The Kier molecular flexibility index (Phi) is 4.13. The smallest absolute Gasteiger partial charge is 0.326 e. The van der Waals surface area contributed by atoms with Gasteiger partial charge in [-0.1, -0.05) is 20.8 Å². The van der Waals surface area contributed by atoms with E-state index in [0.717, 1.165) is 0 Å². The lowest BCUT2D eigenvalue weighted by Crippen LogP contribution is -2.50. The number of urea groups is 1. The lowest BCUT2D eigenvalue weighted by Gasteiger charge is -2.27. The van der Waals surface area contributed by atoms with Crippen molar-refractivity contribution >= 4 is 17.9 Å². The van der Waals surface area contributed by atoms with Crippen molar-refractivity contribution in [2.24, 2.45) is 5.41 Å². The predicted octanol–water partition coefficient (Wildman–Crippen LogP) is 0.492. The van der Waals surface area contributed by atoms with Crippen LogP contribution in [0.25, 0.3) is 0 Å². The second-order valence-corrected chi connectivity index (χ2v) is 4.70. The van der Waals surface area contributed by atoms with E-state index in [4.69, 9.17) is 5.11 Å². The fourth-order valence-corrected chi connectivity index (χ4v) is 1.22. The zero-order valence-electron chi connectivity index (χ0n) is 10.3. The van der Waals surface area contributed by atoms with Gasteiger partial charge in [-0.2, -0.15) is 5.10 Å². The molecule has 0 bridgehead atoms. The fraction of sp³-hybridized carbons (Fsp3) is 0.500. The molecule has 1 heterocycles. The Bertz CT molecular complexity index is 429. The Morgan fingerprint density at radius 2 is 2.00 bits per heavy atom. The molecule has 0 aromatic carbocycles. The van der Waals surface area contributed by atoms with Crippen molar-refractivity contribution in [1.29, 1.82) is 0 Å². The molecule has 8 heteroatoms. The van der Waals surface area contributed by atoms with Crippen molar-refractivity contribution in [3.05, 3.63) is 12.4 Å². The molecule has 18 heavy (non-hydrogen) atoms. The molecule has 1 atom stereocenters. The molecule has 0 aliphatic heterocycles. The minimum absolute atomic E-state index is 0.00745. The van der Waals surface area contributed by atoms with Crippen LogP contribution in [-0.2, 0) is 4.79 Å². The van der Waals surface area contributed by atoms with Crippen LogP contribution in [0.3, 0.4) is 0 Å². The number of nitrogens with one attached hydrogen (secondary N) is 2. The monoisotopic (exact) mass is 253 g/mol. The SMILES string of the molecule is CC(C)(C)[C@@H](NC(=O)Nc1nccnn1)C(=O)O. The maximum Gasteiger partial charge on any atom is 0.326 e. The van der Waals surface area contributed by atoms with Crippen LogP contribution in [0.2, 0.25) is 0 Å². The Morgan fingerprint density at radius 3 is 2.44 bits per heavy atom. The molecule has 1 aromatic heterocycles. The highest BCUT2D eigenvalue weighted by Crippen LogP contribution is 2.19. The van der Waals surface area contributed by atoms with E-state index in [9.17, 15) is 9.59 Å². The standard InChI is InChI=1S/C10H15N5O3/c1-10(2,3)6(7(16)17)13-9(18)14-8-11-4-5-12-15-8/h4-6H,1-3H3,(H,16,17)(H2,11,13,14,15,18)/t6-/m0/s1. The van der Waals surface area contributed by atoms with E-state index in [-0.39, 0.29) is 5.95 Å². The first-order valence-corrected chi connectivity index (χ1v) is 5.24. The van der Waals surface area contributed by atoms with E-state index >= 15 is 0 Å². The normalized spacial score (nSPS) is 12.6. The lowest BCUT2D eigenvalue weighted by atomic mass is 9.87. The van der Waals surface area contributed by atoms with E-state index < -0.39 is 23.5 Å². The molecule has 98 valence electrons. The topological polar surface area (TPSA) is 117 Å². The predicted molar refractivity (Wildman–Crippen MR) is 62.9 cm³/mol. The van der Waals surface area contributed by atoms with Gasteiger partial charge in [-0.3, -0.25) is 5.32 Å². The average molecular weight is 253 g/mol. The number of amides is 2. The number of hydrogen-bond acceptors (Lipinski definition) is 5. The number of carboxylic acid groups (broad SMARTS) is 1. The summed E-state index contributed by atoms with van der Waals surface area (Å²) in [5, 5.41) is 20.8.